The number of aromatic nitrogens is 2. The molecule has 4 rings (SSSR count). The predicted octanol–water partition coefficient (Wildman–Crippen LogP) is 5.61. The van der Waals surface area contributed by atoms with Crippen LogP contribution in [0.5, 0.6) is 5.75 Å². The van der Waals surface area contributed by atoms with Gasteiger partial charge in [-0.2, -0.15) is 11.8 Å². The van der Waals surface area contributed by atoms with Crippen molar-refractivity contribution in [2.24, 2.45) is 0 Å². The summed E-state index contributed by atoms with van der Waals surface area (Å²) in [6.45, 7) is 6.01. The average Bonchev–Trinajstić information content (AvgIpc) is 3.06. The van der Waals surface area contributed by atoms with Crippen molar-refractivity contribution in [3.8, 4) is 17.0 Å². The molecule has 1 fully saturated rings. The summed E-state index contributed by atoms with van der Waals surface area (Å²) in [7, 11) is 0. The second kappa shape index (κ2) is 10.4. The second-order valence-corrected chi connectivity index (χ2v) is 9.21. The molecule has 0 unspecified atom stereocenters. The Morgan fingerprint density at radius 1 is 1.22 bits per heavy atom. The number of carbonyl (C=O) groups is 1. The lowest BCUT2D eigenvalue weighted by molar-refractivity contribution is -0.113. The number of thioether (sulfide) groups is 1. The van der Waals surface area contributed by atoms with Gasteiger partial charge in [-0.15, -0.1) is 0 Å². The fourth-order valence-corrected chi connectivity index (χ4v) is 4.88. The molecule has 2 aromatic rings. The highest BCUT2D eigenvalue weighted by Gasteiger charge is 2.20. The van der Waals surface area contributed by atoms with Crippen molar-refractivity contribution in [3.05, 3.63) is 65.0 Å². The lowest BCUT2D eigenvalue weighted by Crippen LogP contribution is -2.33. The summed E-state index contributed by atoms with van der Waals surface area (Å²) in [4.78, 5) is 24.0. The Morgan fingerprint density at radius 3 is 2.75 bits per heavy atom. The van der Waals surface area contributed by atoms with Crippen LogP contribution < -0.4 is 9.64 Å². The van der Waals surface area contributed by atoms with E-state index in [-0.39, 0.29) is 5.78 Å². The molecule has 0 bridgehead atoms. The zero-order valence-electron chi connectivity index (χ0n) is 18.3. The highest BCUT2D eigenvalue weighted by molar-refractivity contribution is 7.99. The molecule has 5 nitrogen and oxygen atoms in total. The number of hydrogen-bond acceptors (Lipinski definition) is 6. The van der Waals surface area contributed by atoms with Crippen LogP contribution in [0.25, 0.3) is 16.8 Å². The van der Waals surface area contributed by atoms with Crippen molar-refractivity contribution in [3.63, 3.8) is 0 Å². The summed E-state index contributed by atoms with van der Waals surface area (Å²) < 4.78 is 5.58. The molecule has 0 N–H and O–H groups in total. The number of rotatable bonds is 6. The number of anilines is 1. The van der Waals surface area contributed by atoms with Gasteiger partial charge in [-0.3, -0.25) is 9.78 Å². The van der Waals surface area contributed by atoms with E-state index < -0.39 is 0 Å². The van der Waals surface area contributed by atoms with E-state index in [1.54, 1.807) is 6.92 Å². The third-order valence-corrected chi connectivity index (χ3v) is 6.68. The number of benzene rings is 1. The lowest BCUT2D eigenvalue weighted by Gasteiger charge is -2.28. The first-order valence-corrected chi connectivity index (χ1v) is 12.3. The van der Waals surface area contributed by atoms with Gasteiger partial charge in [-0.05, 0) is 44.0 Å². The van der Waals surface area contributed by atoms with Crippen LogP contribution in [0, 0.1) is 0 Å². The summed E-state index contributed by atoms with van der Waals surface area (Å²) in [5.41, 5.74) is 3.94. The maximum absolute atomic E-state index is 11.9. The van der Waals surface area contributed by atoms with Gasteiger partial charge < -0.3 is 9.64 Å². The van der Waals surface area contributed by atoms with Gasteiger partial charge in [0.05, 0.1) is 29.2 Å². The quantitative estimate of drug-likeness (QED) is 0.550. The van der Waals surface area contributed by atoms with Gasteiger partial charge in [0.15, 0.2) is 5.78 Å². The summed E-state index contributed by atoms with van der Waals surface area (Å²) in [5, 5.41) is 0.562. The molecular weight excluding hydrogens is 442 g/mol. The van der Waals surface area contributed by atoms with Gasteiger partial charge >= 0.3 is 0 Å². The maximum Gasteiger partial charge on any atom is 0.156 e. The van der Waals surface area contributed by atoms with E-state index in [0.717, 1.165) is 58.6 Å². The number of Topliss-reactive ketones (excluding diaryl/α,β-unsaturated/α-hetero) is 1. The van der Waals surface area contributed by atoms with E-state index in [2.05, 4.69) is 4.90 Å². The van der Waals surface area contributed by atoms with Crippen LogP contribution in [-0.2, 0) is 4.79 Å². The monoisotopic (exact) mass is 467 g/mol. The Morgan fingerprint density at radius 2 is 2.03 bits per heavy atom. The van der Waals surface area contributed by atoms with Gasteiger partial charge in [0.25, 0.3) is 0 Å². The zero-order valence-corrected chi connectivity index (χ0v) is 19.9. The van der Waals surface area contributed by atoms with Gasteiger partial charge in [-0.1, -0.05) is 35.9 Å². The van der Waals surface area contributed by atoms with E-state index in [9.17, 15) is 4.79 Å². The molecule has 2 heterocycles. The molecule has 1 aliphatic carbocycles. The minimum Gasteiger partial charge on any atom is -0.494 e. The number of ether oxygens (including phenoxy) is 1. The van der Waals surface area contributed by atoms with Crippen LogP contribution in [0.1, 0.15) is 26.0 Å². The summed E-state index contributed by atoms with van der Waals surface area (Å²) in [6.07, 6.45) is 10.3. The van der Waals surface area contributed by atoms with Gasteiger partial charge in [0, 0.05) is 35.7 Å². The molecular formula is C25H26ClN3O2S. The highest BCUT2D eigenvalue weighted by Crippen LogP contribution is 2.36. The predicted molar refractivity (Wildman–Crippen MR) is 134 cm³/mol. The van der Waals surface area contributed by atoms with Gasteiger partial charge in [-0.25, -0.2) is 4.98 Å². The molecule has 0 amide bonds. The molecule has 7 heteroatoms. The van der Waals surface area contributed by atoms with E-state index in [0.29, 0.717) is 23.7 Å². The van der Waals surface area contributed by atoms with E-state index in [1.165, 1.54) is 0 Å². The van der Waals surface area contributed by atoms with Crippen LogP contribution in [0.4, 0.5) is 5.82 Å². The number of halogens is 1. The Bertz CT molecular complexity index is 1100. The first-order valence-electron chi connectivity index (χ1n) is 10.8. The third kappa shape index (κ3) is 5.08. The molecule has 2 aliphatic rings. The van der Waals surface area contributed by atoms with Gasteiger partial charge in [0.1, 0.15) is 11.6 Å². The molecule has 1 aromatic carbocycles. The first kappa shape index (κ1) is 22.6. The number of carbonyl (C=O) groups excluding carboxylic acids is 1. The third-order valence-electron chi connectivity index (χ3n) is 5.43. The van der Waals surface area contributed by atoms with Crippen LogP contribution >= 0.6 is 23.4 Å². The topological polar surface area (TPSA) is 55.3 Å². The van der Waals surface area contributed by atoms with Crippen molar-refractivity contribution < 1.29 is 9.53 Å². The van der Waals surface area contributed by atoms with E-state index in [1.807, 2.05) is 67.4 Å². The molecule has 1 saturated heterocycles. The Labute approximate surface area is 198 Å². The van der Waals surface area contributed by atoms with Crippen LogP contribution in [-0.4, -0.2) is 47.0 Å². The number of hydrogen-bond donors (Lipinski definition) is 0. The SMILES string of the molecule is CCOc1ccc(-c2ncc(N3CCSCC3)nc2C2=CC=C(C(C)=O)CC=C2)c(Cl)c1. The van der Waals surface area contributed by atoms with Crippen molar-refractivity contribution >= 4 is 40.5 Å². The smallest absolute Gasteiger partial charge is 0.156 e. The fraction of sp³-hybridized carbons (Fsp3) is 0.320. The number of nitrogens with zero attached hydrogens (tertiary/aromatic N) is 3. The molecule has 166 valence electrons. The normalized spacial score (nSPS) is 16.3. The Kier molecular flexibility index (Phi) is 7.33. The number of ketones is 1. The fourth-order valence-electron chi connectivity index (χ4n) is 3.71. The average molecular weight is 468 g/mol. The standard InChI is InChI=1S/C25H26ClN3O2S/c1-3-31-20-9-10-21(22(26)15-20)25-24(19-6-4-5-18(7-8-19)17(2)30)28-23(16-27-25)29-11-13-32-14-12-29/h4,6-10,15-16H,3,5,11-14H2,1-2H3. The van der Waals surface area contributed by atoms with Crippen molar-refractivity contribution in [2.75, 3.05) is 36.1 Å². The molecule has 0 spiro atoms. The van der Waals surface area contributed by atoms with Crippen LogP contribution in [0.15, 0.2) is 54.3 Å². The minimum atomic E-state index is 0.0765. The summed E-state index contributed by atoms with van der Waals surface area (Å²) >= 11 is 8.60. The molecule has 1 aromatic heterocycles. The minimum absolute atomic E-state index is 0.0765. The Hall–Kier alpha value is -2.57. The maximum atomic E-state index is 11.9. The van der Waals surface area contributed by atoms with E-state index in [4.69, 9.17) is 26.3 Å². The molecule has 32 heavy (non-hydrogen) atoms. The molecule has 0 atom stereocenters. The van der Waals surface area contributed by atoms with Crippen LogP contribution in [0.3, 0.4) is 0 Å². The molecule has 0 saturated carbocycles. The summed E-state index contributed by atoms with van der Waals surface area (Å²) in [6, 6.07) is 5.64. The highest BCUT2D eigenvalue weighted by atomic mass is 35.5. The summed E-state index contributed by atoms with van der Waals surface area (Å²) in [5.74, 6) is 3.82. The van der Waals surface area contributed by atoms with Gasteiger partial charge in [0.2, 0.25) is 0 Å². The van der Waals surface area contributed by atoms with Crippen molar-refractivity contribution in [1.29, 1.82) is 0 Å². The second-order valence-electron chi connectivity index (χ2n) is 7.58. The largest absolute Gasteiger partial charge is 0.494 e. The first-order chi connectivity index (χ1) is 15.6. The van der Waals surface area contributed by atoms with Crippen molar-refractivity contribution in [2.45, 2.75) is 20.3 Å². The van der Waals surface area contributed by atoms with Crippen molar-refractivity contribution in [1.82, 2.24) is 9.97 Å². The van der Waals surface area contributed by atoms with E-state index >= 15 is 0 Å². The molecule has 0 radical (unpaired) electrons. The number of allylic oxidation sites excluding steroid dienone is 6. The molecule has 1 aliphatic heterocycles. The Balaban J connectivity index is 1.82. The van der Waals surface area contributed by atoms with Crippen LogP contribution in [0.2, 0.25) is 5.02 Å². The zero-order chi connectivity index (χ0) is 22.5. The lowest BCUT2D eigenvalue weighted by atomic mass is 10.0.